The summed E-state index contributed by atoms with van der Waals surface area (Å²) in [5.74, 6) is 0.710. The minimum absolute atomic E-state index is 0.355. The van der Waals surface area contributed by atoms with E-state index in [1.54, 1.807) is 24.5 Å². The van der Waals surface area contributed by atoms with Crippen molar-refractivity contribution in [2.24, 2.45) is 10.2 Å². The Morgan fingerprint density at radius 3 is 1.43 bits per heavy atom. The molecule has 2 aliphatic rings. The first-order valence-electron chi connectivity index (χ1n) is 12.9. The van der Waals surface area contributed by atoms with Gasteiger partial charge in [-0.3, -0.25) is 0 Å². The Balaban J connectivity index is 1.22. The summed E-state index contributed by atoms with van der Waals surface area (Å²) in [7, 11) is 0. The number of nitrogens with zero attached hydrogens (tertiary/aromatic N) is 10. The molecule has 0 aromatic carbocycles. The molecule has 0 bridgehead atoms. The quantitative estimate of drug-likeness (QED) is 0.146. The molecule has 214 valence electrons. The van der Waals surface area contributed by atoms with Crippen molar-refractivity contribution < 1.29 is 10.1 Å². The summed E-state index contributed by atoms with van der Waals surface area (Å²) >= 11 is 11.7. The second kappa shape index (κ2) is 14.0. The predicted octanol–water partition coefficient (Wildman–Crippen LogP) is 3.37. The second-order valence-electron chi connectivity index (χ2n) is 9.49. The summed E-state index contributed by atoms with van der Waals surface area (Å²) in [4.78, 5) is 38.2. The van der Waals surface area contributed by atoms with Crippen LogP contribution in [0.4, 0.5) is 0 Å². The number of halogens is 2. The van der Waals surface area contributed by atoms with Crippen LogP contribution in [0.15, 0.2) is 46.9 Å². The molecule has 4 rings (SSSR count). The Labute approximate surface area is 241 Å². The van der Waals surface area contributed by atoms with E-state index in [2.05, 4.69) is 20.2 Å². The van der Waals surface area contributed by atoms with Crippen LogP contribution < -0.4 is 0 Å². The number of aromatic nitrogens is 2. The van der Waals surface area contributed by atoms with E-state index in [0.29, 0.717) is 74.6 Å². The molecule has 0 unspecified atom stereocenters. The van der Waals surface area contributed by atoms with Crippen LogP contribution in [0.3, 0.4) is 0 Å². The molecule has 0 radical (unpaired) electrons. The molecular weight excluding hydrogens is 563 g/mol. The van der Waals surface area contributed by atoms with Gasteiger partial charge in [0.15, 0.2) is 10.1 Å². The molecule has 0 amide bonds. The van der Waals surface area contributed by atoms with E-state index in [-0.39, 0.29) is 0 Å². The smallest absolute Gasteiger partial charge is 0.274 e. The molecule has 2 saturated heterocycles. The highest BCUT2D eigenvalue weighted by Crippen LogP contribution is 2.18. The first-order chi connectivity index (χ1) is 19.3. The first kappa shape index (κ1) is 29.2. The lowest BCUT2D eigenvalue weighted by Gasteiger charge is -2.21. The summed E-state index contributed by atoms with van der Waals surface area (Å²) in [6.45, 7) is 4.80. The lowest BCUT2D eigenvalue weighted by atomic mass is 10.2. The Morgan fingerprint density at radius 2 is 1.07 bits per heavy atom. The maximum absolute atomic E-state index is 11.2. The van der Waals surface area contributed by atoms with Crippen molar-refractivity contribution >= 4 is 35.1 Å². The number of rotatable bonds is 13. The van der Waals surface area contributed by atoms with Crippen LogP contribution in [0, 0.1) is 20.2 Å². The van der Waals surface area contributed by atoms with Crippen molar-refractivity contribution in [3.05, 3.63) is 78.3 Å². The van der Waals surface area contributed by atoms with Gasteiger partial charge in [0.1, 0.15) is 20.5 Å². The maximum atomic E-state index is 11.2. The van der Waals surface area contributed by atoms with Crippen molar-refractivity contribution in [3.63, 3.8) is 0 Å². The third-order valence-corrected chi connectivity index (χ3v) is 7.13. The number of hydrazone groups is 2. The van der Waals surface area contributed by atoms with Gasteiger partial charge in [-0.1, -0.05) is 48.2 Å². The minimum Gasteiger partial charge on any atom is -0.336 e. The van der Waals surface area contributed by atoms with Gasteiger partial charge in [0.2, 0.25) is 0 Å². The monoisotopic (exact) mass is 592 g/mol. The van der Waals surface area contributed by atoms with Crippen LogP contribution in [-0.2, 0) is 13.1 Å². The fraction of sp³-hybridized carbons (Fsp3) is 0.500. The number of unbranched alkanes of at least 4 members (excludes halogenated alkanes) is 3. The fourth-order valence-electron chi connectivity index (χ4n) is 4.80. The van der Waals surface area contributed by atoms with Gasteiger partial charge in [-0.15, -0.1) is 0 Å². The summed E-state index contributed by atoms with van der Waals surface area (Å²) in [6, 6.07) is 7.08. The van der Waals surface area contributed by atoms with Gasteiger partial charge in [0.25, 0.3) is 11.9 Å². The molecule has 2 aliphatic heterocycles. The van der Waals surface area contributed by atoms with Crippen molar-refractivity contribution in [1.29, 1.82) is 0 Å². The predicted molar refractivity (Wildman–Crippen MR) is 150 cm³/mol. The molecule has 0 atom stereocenters. The summed E-state index contributed by atoms with van der Waals surface area (Å²) < 4.78 is 0. The number of pyridine rings is 2. The molecule has 40 heavy (non-hydrogen) atoms. The zero-order valence-electron chi connectivity index (χ0n) is 21.8. The number of guanidine groups is 2. The maximum Gasteiger partial charge on any atom is 0.274 e. The van der Waals surface area contributed by atoms with E-state index < -0.39 is 10.1 Å². The summed E-state index contributed by atoms with van der Waals surface area (Å²) in [6.07, 6.45) is 6.84. The van der Waals surface area contributed by atoms with E-state index >= 15 is 0 Å². The van der Waals surface area contributed by atoms with E-state index in [0.717, 1.165) is 36.8 Å². The van der Waals surface area contributed by atoms with Gasteiger partial charge in [-0.05, 0) is 36.1 Å². The molecule has 4 heterocycles. The van der Waals surface area contributed by atoms with Gasteiger partial charge in [-0.25, -0.2) is 30.2 Å². The van der Waals surface area contributed by atoms with Gasteiger partial charge in [0, 0.05) is 64.8 Å². The van der Waals surface area contributed by atoms with Crippen molar-refractivity contribution in [2.75, 3.05) is 39.3 Å². The minimum atomic E-state index is -0.659. The first-order valence-corrected chi connectivity index (χ1v) is 13.7. The zero-order valence-corrected chi connectivity index (χ0v) is 23.3. The highest BCUT2D eigenvalue weighted by molar-refractivity contribution is 6.29. The van der Waals surface area contributed by atoms with Crippen LogP contribution in [0.1, 0.15) is 36.8 Å². The molecule has 14 nitrogen and oxygen atoms in total. The topological polar surface area (TPSA) is 150 Å². The van der Waals surface area contributed by atoms with Crippen LogP contribution in [0.2, 0.25) is 10.3 Å². The standard InChI is InChI=1S/C24H30Cl2N10O4/c25-21-7-5-19(15-27-21)17-33-13-11-31(23(33)29-35(37)38)9-3-1-2-4-10-32-12-14-34(24(32)30-36(39)40)18-20-6-8-22(26)28-16-20/h5-8,15-16H,1-4,9-14,17-18H2/b29-23-,30-24+. The third kappa shape index (κ3) is 8.36. The molecule has 0 spiro atoms. The zero-order chi connectivity index (χ0) is 28.5. The van der Waals surface area contributed by atoms with Crippen LogP contribution in [-0.4, -0.2) is 90.8 Å². The van der Waals surface area contributed by atoms with Gasteiger partial charge in [0.05, 0.1) is 0 Å². The molecular formula is C24H30Cl2N10O4. The van der Waals surface area contributed by atoms with Crippen molar-refractivity contribution in [3.8, 4) is 0 Å². The number of nitro groups is 2. The number of hydrogen-bond acceptors (Lipinski definition) is 6. The van der Waals surface area contributed by atoms with Crippen LogP contribution in [0.5, 0.6) is 0 Å². The fourth-order valence-corrected chi connectivity index (χ4v) is 5.03. The molecule has 0 saturated carbocycles. The lowest BCUT2D eigenvalue weighted by molar-refractivity contribution is -0.486. The average Bonchev–Trinajstić information content (AvgIpc) is 3.46. The Morgan fingerprint density at radius 1 is 0.675 bits per heavy atom. The van der Waals surface area contributed by atoms with E-state index in [1.807, 2.05) is 31.7 Å². The normalized spacial score (nSPS) is 17.4. The van der Waals surface area contributed by atoms with Crippen molar-refractivity contribution in [2.45, 2.75) is 38.8 Å². The van der Waals surface area contributed by atoms with E-state index in [4.69, 9.17) is 23.2 Å². The van der Waals surface area contributed by atoms with Crippen molar-refractivity contribution in [1.82, 2.24) is 29.6 Å². The van der Waals surface area contributed by atoms with Gasteiger partial charge in [-0.2, -0.15) is 0 Å². The van der Waals surface area contributed by atoms with E-state index in [9.17, 15) is 20.2 Å². The third-order valence-electron chi connectivity index (χ3n) is 6.68. The summed E-state index contributed by atoms with van der Waals surface area (Å²) in [5.41, 5.74) is 1.79. The molecule has 2 aromatic heterocycles. The van der Waals surface area contributed by atoms with E-state index in [1.165, 1.54) is 0 Å². The van der Waals surface area contributed by atoms with Crippen LogP contribution >= 0.6 is 23.2 Å². The Hall–Kier alpha value is -3.78. The lowest BCUT2D eigenvalue weighted by Crippen LogP contribution is -2.35. The highest BCUT2D eigenvalue weighted by atomic mass is 35.5. The molecule has 0 N–H and O–H groups in total. The Bertz CT molecular complexity index is 1130. The average molecular weight is 593 g/mol. The van der Waals surface area contributed by atoms with Gasteiger partial charge >= 0.3 is 0 Å². The van der Waals surface area contributed by atoms with Crippen LogP contribution in [0.25, 0.3) is 0 Å². The Kier molecular flexibility index (Phi) is 10.2. The second-order valence-corrected chi connectivity index (χ2v) is 10.3. The molecule has 16 heteroatoms. The highest BCUT2D eigenvalue weighted by Gasteiger charge is 2.30. The molecule has 2 aromatic rings. The largest absolute Gasteiger partial charge is 0.336 e. The summed E-state index contributed by atoms with van der Waals surface area (Å²) in [5, 5.41) is 29.1. The van der Waals surface area contributed by atoms with Gasteiger partial charge < -0.3 is 19.6 Å². The SMILES string of the molecule is O=[N+]([O-])/N=C1/N(CCCCCCN2CCN(Cc3ccc(Cl)nc3)/C2=N/[N+](=O)[O-])CCN1Cc1ccc(Cl)nc1. The molecule has 0 aliphatic carbocycles. The number of hydrogen-bond donors (Lipinski definition) is 0. The molecule has 2 fully saturated rings.